The molecule has 0 saturated carbocycles. The van der Waals surface area contributed by atoms with Crippen LogP contribution in [0.2, 0.25) is 0 Å². The molecule has 1 atom stereocenters. The smallest absolute Gasteiger partial charge is 0.296 e. The maximum absolute atomic E-state index is 11.5. The van der Waals surface area contributed by atoms with E-state index < -0.39 is 0 Å². The van der Waals surface area contributed by atoms with Crippen LogP contribution in [0.25, 0.3) is 0 Å². The Morgan fingerprint density at radius 2 is 0.858 bits per heavy atom. The van der Waals surface area contributed by atoms with Crippen molar-refractivity contribution in [3.63, 3.8) is 0 Å². The number of carbonyl (C=O) groups is 6. The molecule has 4 fully saturated rings. The molecule has 4 saturated heterocycles. The quantitative estimate of drug-likeness (QED) is 0.0851. The molecule has 5 heterocycles. The van der Waals surface area contributed by atoms with Crippen molar-refractivity contribution in [1.82, 2.24) is 61.4 Å². The second-order valence-electron chi connectivity index (χ2n) is 22.7. The number of rotatable bonds is 10. The van der Waals surface area contributed by atoms with E-state index >= 15 is 0 Å². The third kappa shape index (κ3) is 63.8. The minimum Gasteiger partial charge on any atom is -0.484 e. The van der Waals surface area contributed by atoms with Gasteiger partial charge in [-0.15, -0.1) is 43.7 Å². The van der Waals surface area contributed by atoms with Crippen LogP contribution in [0.3, 0.4) is 0 Å². The van der Waals surface area contributed by atoms with Gasteiger partial charge in [0.25, 0.3) is 17.7 Å². The monoisotopic (exact) mass is 1580 g/mol. The highest BCUT2D eigenvalue weighted by Crippen LogP contribution is 2.16. The molecular weight excluding hydrogens is 1490 g/mol. The van der Waals surface area contributed by atoms with Crippen molar-refractivity contribution in [2.45, 2.75) is 77.2 Å². The lowest BCUT2D eigenvalue weighted by molar-refractivity contribution is -0.126. The molecule has 0 radical (unpaired) electrons. The molecule has 4 aliphatic heterocycles. The van der Waals surface area contributed by atoms with E-state index in [4.69, 9.17) is 4.74 Å². The number of pyridine rings is 1. The molecule has 19 nitrogen and oxygen atoms in total. The number of carbonyl (C=O) groups excluding carboxylic acids is 6. The van der Waals surface area contributed by atoms with Crippen molar-refractivity contribution >= 4 is 35.4 Å². The molecule has 6 rings (SSSR count). The van der Waals surface area contributed by atoms with E-state index in [9.17, 15) is 28.8 Å². The summed E-state index contributed by atoms with van der Waals surface area (Å²) >= 11 is 0. The second kappa shape index (κ2) is 77.5. The zero-order valence-electron chi connectivity index (χ0n) is 68.9. The van der Waals surface area contributed by atoms with Gasteiger partial charge in [-0.05, 0) is 260 Å². The first kappa shape index (κ1) is 103. The van der Waals surface area contributed by atoms with Crippen molar-refractivity contribution in [3.8, 4) is 278 Å². The van der Waals surface area contributed by atoms with Gasteiger partial charge >= 0.3 is 0 Å². The predicted octanol–water partition coefficient (Wildman–Crippen LogP) is 4.27. The molecule has 1 aromatic heterocycles. The number of nitrogens with zero attached hydrogens (tertiary/aromatic N) is 6. The van der Waals surface area contributed by atoms with Crippen LogP contribution in [0.15, 0.2) is 86.4 Å². The molecule has 6 N–H and O–H groups in total. The van der Waals surface area contributed by atoms with Gasteiger partial charge in [-0.25, -0.2) is 29.6 Å². The number of aromatic nitrogens is 1. The van der Waals surface area contributed by atoms with E-state index in [0.29, 0.717) is 17.7 Å². The maximum atomic E-state index is 11.5. The summed E-state index contributed by atoms with van der Waals surface area (Å²) < 4.78 is 5.34. The van der Waals surface area contributed by atoms with Crippen molar-refractivity contribution in [2.24, 2.45) is 5.92 Å². The summed E-state index contributed by atoms with van der Waals surface area (Å²) in [4.78, 5) is 78.9. The van der Waals surface area contributed by atoms with Gasteiger partial charge in [0.2, 0.25) is 17.7 Å². The lowest BCUT2D eigenvalue weighted by Gasteiger charge is -2.28. The Morgan fingerprint density at radius 3 is 1.21 bits per heavy atom. The van der Waals surface area contributed by atoms with Crippen LogP contribution in [0.4, 0.5) is 0 Å². The fourth-order valence-electron chi connectivity index (χ4n) is 8.36. The van der Waals surface area contributed by atoms with Crippen LogP contribution in [0.1, 0.15) is 81.5 Å². The van der Waals surface area contributed by atoms with Crippen molar-refractivity contribution in [3.05, 3.63) is 124 Å². The highest BCUT2D eigenvalue weighted by Gasteiger charge is 2.26. The number of ether oxygens (including phenoxy) is 1. The summed E-state index contributed by atoms with van der Waals surface area (Å²) in [6, 6.07) is 20.3. The average Bonchev–Trinajstić information content (AvgIpc) is 1.74. The van der Waals surface area contributed by atoms with Crippen LogP contribution >= 0.6 is 0 Å². The van der Waals surface area contributed by atoms with Gasteiger partial charge in [0.15, 0.2) is 0 Å². The van der Waals surface area contributed by atoms with Crippen LogP contribution in [0, 0.1) is 311 Å². The Hall–Kier alpha value is -16.8. The Kier molecular flexibility index (Phi) is 66.7. The van der Waals surface area contributed by atoms with Crippen LogP contribution < -0.4 is 36.6 Å². The van der Waals surface area contributed by atoms with Gasteiger partial charge in [-0.2, -0.15) is 48.1 Å². The largest absolute Gasteiger partial charge is 0.484 e. The molecule has 1 aromatic carbocycles. The highest BCUT2D eigenvalue weighted by molar-refractivity contribution is 5.95. The van der Waals surface area contributed by atoms with Gasteiger partial charge in [0.05, 0.1) is 6.04 Å². The average molecular weight is 1580 g/mol. The molecule has 0 aliphatic carbocycles. The number of amides is 6. The van der Waals surface area contributed by atoms with Crippen molar-refractivity contribution in [1.29, 1.82) is 0 Å². The number of nitrogens with one attached hydrogen (secondary N) is 6. The minimum atomic E-state index is -0.378. The van der Waals surface area contributed by atoms with Gasteiger partial charge < -0.3 is 51.3 Å². The minimum absolute atomic E-state index is 0.0926. The summed E-state index contributed by atoms with van der Waals surface area (Å²) in [6.07, 6.45) is 24.6. The highest BCUT2D eigenvalue weighted by atomic mass is 16.5. The summed E-state index contributed by atoms with van der Waals surface area (Å²) in [5.41, 5.74) is 0.524. The van der Waals surface area contributed by atoms with E-state index in [-0.39, 0.29) is 47.4 Å². The fourth-order valence-corrected chi connectivity index (χ4v) is 8.36. The predicted molar refractivity (Wildman–Crippen MR) is 474 cm³/mol. The van der Waals surface area contributed by atoms with E-state index in [0.717, 1.165) is 76.4 Å². The van der Waals surface area contributed by atoms with E-state index in [2.05, 4.69) is 355 Å². The summed E-state index contributed by atoms with van der Waals surface area (Å²) in [6.45, 7) is 20.1. The molecule has 1 unspecified atom stereocenters. The Balaban J connectivity index is 0.00000157. The normalized spacial score (nSPS) is 11.5. The molecule has 0 bridgehead atoms. The van der Waals surface area contributed by atoms with E-state index in [1.807, 2.05) is 45.3 Å². The van der Waals surface area contributed by atoms with Crippen LogP contribution in [-0.4, -0.2) is 173 Å². The van der Waals surface area contributed by atoms with Gasteiger partial charge in [-0.1, -0.05) is 31.3 Å². The molecule has 19 heteroatoms. The van der Waals surface area contributed by atoms with Gasteiger partial charge in [0, 0.05) is 150 Å². The zero-order chi connectivity index (χ0) is 87.9. The number of benzene rings is 1. The summed E-state index contributed by atoms with van der Waals surface area (Å²) in [5.74, 6) is 110. The Morgan fingerprint density at radius 1 is 0.458 bits per heavy atom. The standard InChI is InChI=1S/C42H17N2O2.C18H15N2O.C17H13N2O.C8H16N2O.C7H14N2O.C5H5N.C4H9NO/c1-4-6-8-10-12-16-20-24-28-36-44(37-29-25-21-17-13-11-9-7-5-2)38-30-26-22-18-14-15-19-23-27-31-39-46-41-34-32-40(33-35-41)42(45)43-3;1-19-18(21)14-10-7-5-3-2-4-6-8-11-15-20-16-12-9-13-17-20;1-18-17(20)13-9-7-5-3-2-4-6-8-10-14-19-15-11-12-16-19;1-9-8(11)7-3-5-10(2)6-4-7;1-8-7(10)6-4-3-5-9(6)2;1-2-4-6-5-3-1;1-3-4(6)5-2/h4-7,32-35,39H,1-2H2,3H3,(H,43,45);15H,9,12-13,16-17H2,1H3,(H,19,21);14H,11-12,15-16H2,1H3,(H,18,20);7H,3-6H2,1-2H3,(H,9,11);6H,3-5H2,1-2H3,(H,8,10);1-5H;3H2,1-2H3,(H,5,6)/q-3;2*-1;;;;. The third-order valence-electron chi connectivity index (χ3n) is 14.3. The summed E-state index contributed by atoms with van der Waals surface area (Å²) in [7, 11) is 13.7. The van der Waals surface area contributed by atoms with Crippen LogP contribution in [-0.2, 0) is 24.0 Å². The first-order chi connectivity index (χ1) is 58.7. The first-order valence-corrected chi connectivity index (χ1v) is 36.9. The Labute approximate surface area is 714 Å². The lowest BCUT2D eigenvalue weighted by atomic mass is 9.96. The van der Waals surface area contributed by atoms with Gasteiger partial charge in [-0.3, -0.25) is 56.4 Å². The molecular formula is C101H89N12O7-5. The number of piperidine rings is 2. The van der Waals surface area contributed by atoms with Crippen LogP contribution in [0.5, 0.6) is 5.75 Å². The number of likely N-dealkylation sites (N-methyl/N-ethyl adjacent to an activating group) is 2. The molecule has 600 valence electrons. The third-order valence-corrected chi connectivity index (χ3v) is 14.3. The maximum Gasteiger partial charge on any atom is 0.296 e. The first-order valence-electron chi connectivity index (χ1n) is 36.9. The molecule has 6 amide bonds. The van der Waals surface area contributed by atoms with E-state index in [1.54, 1.807) is 89.8 Å². The second-order valence-corrected chi connectivity index (χ2v) is 22.7. The topological polar surface area (TPSA) is 213 Å². The van der Waals surface area contributed by atoms with Crippen molar-refractivity contribution < 1.29 is 33.5 Å². The summed E-state index contributed by atoms with van der Waals surface area (Å²) in [5, 5.41) is 15.1. The van der Waals surface area contributed by atoms with Crippen molar-refractivity contribution in [2.75, 3.05) is 102 Å². The molecule has 2 aromatic rings. The Bertz CT molecular complexity index is 5270. The zero-order valence-corrected chi connectivity index (χ0v) is 68.9. The number of likely N-dealkylation sites (tertiary alicyclic amines) is 4. The lowest BCUT2D eigenvalue weighted by Crippen LogP contribution is -2.39. The SMILES string of the molecule is C=C[CH-]C#CC#CC#CC#CN(C#CC#CC#CC#CC#C[C-]=COc1ccc(C(=O)NC)cc1)C#CC#CC#CC#C[CH-]C=C.CCC(=O)NC.CNC(=O)C#CC#CC#CC#CC#C[CH-]N1CCCC1.CNC(=O)C#CC#CC#CC#CC#C[CH-]N1CCCCC1.CNC(=O)C1CCCN1C.CNC(=O)C1CCN(C)CC1.c1ccncc1. The van der Waals surface area contributed by atoms with E-state index in [1.165, 1.54) is 52.5 Å². The fraction of sp³-hybridized carbons (Fsp3) is 0.277. The molecule has 0 spiro atoms. The number of allylic oxidation sites excluding steroid dienone is 3. The molecule has 4 aliphatic rings. The molecule has 120 heavy (non-hydrogen) atoms. The van der Waals surface area contributed by atoms with Gasteiger partial charge in [0.1, 0.15) is 5.75 Å². The number of hydrogen-bond acceptors (Lipinski definition) is 13. The number of hydrogen-bond donors (Lipinski definition) is 6.